The van der Waals surface area contributed by atoms with Gasteiger partial charge in [0.15, 0.2) is 6.61 Å². The zero-order valence-corrected chi connectivity index (χ0v) is 14.2. The molecule has 2 aromatic carbocycles. The Morgan fingerprint density at radius 1 is 1.22 bits per heavy atom. The average molecular weight is 334 g/mol. The van der Waals surface area contributed by atoms with Crippen LogP contribution in [-0.4, -0.2) is 19.6 Å². The number of benzene rings is 2. The van der Waals surface area contributed by atoms with E-state index in [0.29, 0.717) is 10.8 Å². The minimum absolute atomic E-state index is 0.0950. The molecule has 1 atom stereocenters. The van der Waals surface area contributed by atoms with Crippen molar-refractivity contribution in [2.24, 2.45) is 0 Å². The number of carbonyl (C=O) groups is 1. The van der Waals surface area contributed by atoms with Crippen molar-refractivity contribution in [3.05, 3.63) is 58.6 Å². The van der Waals surface area contributed by atoms with Crippen LogP contribution < -0.4 is 14.8 Å². The predicted molar refractivity (Wildman–Crippen MR) is 91.2 cm³/mol. The van der Waals surface area contributed by atoms with Crippen molar-refractivity contribution >= 4 is 17.5 Å². The van der Waals surface area contributed by atoms with E-state index in [1.54, 1.807) is 31.4 Å². The van der Waals surface area contributed by atoms with Gasteiger partial charge in [-0.05, 0) is 32.0 Å². The first kappa shape index (κ1) is 17.2. The van der Waals surface area contributed by atoms with Crippen molar-refractivity contribution in [2.75, 3.05) is 13.7 Å². The number of rotatable bonds is 6. The maximum atomic E-state index is 12.1. The summed E-state index contributed by atoms with van der Waals surface area (Å²) in [5, 5.41) is 3.38. The Morgan fingerprint density at radius 2 is 1.96 bits per heavy atom. The summed E-state index contributed by atoms with van der Waals surface area (Å²) < 4.78 is 10.8. The standard InChI is InChI=1S/C18H20ClNO3/c1-12-8-9-16(22-3)14(10-12)13(2)20-18(21)11-23-17-7-5-4-6-15(17)19/h4-10,13H,11H2,1-3H3,(H,20,21)/t13-/m1/s1. The lowest BCUT2D eigenvalue weighted by molar-refractivity contribution is -0.123. The monoisotopic (exact) mass is 333 g/mol. The molecule has 0 fully saturated rings. The van der Waals surface area contributed by atoms with Gasteiger partial charge in [-0.2, -0.15) is 0 Å². The normalized spacial score (nSPS) is 11.7. The molecule has 23 heavy (non-hydrogen) atoms. The SMILES string of the molecule is COc1ccc(C)cc1[C@@H](C)NC(=O)COc1ccccc1Cl. The third-order valence-corrected chi connectivity index (χ3v) is 3.74. The fourth-order valence-electron chi connectivity index (χ4n) is 2.26. The minimum Gasteiger partial charge on any atom is -0.496 e. The topological polar surface area (TPSA) is 47.6 Å². The highest BCUT2D eigenvalue weighted by atomic mass is 35.5. The van der Waals surface area contributed by atoms with E-state index in [-0.39, 0.29) is 18.6 Å². The molecule has 0 aliphatic carbocycles. The average Bonchev–Trinajstić information content (AvgIpc) is 2.54. The Labute approximate surface area is 141 Å². The predicted octanol–water partition coefficient (Wildman–Crippen LogP) is 3.91. The summed E-state index contributed by atoms with van der Waals surface area (Å²) >= 11 is 5.99. The first-order valence-corrected chi connectivity index (χ1v) is 7.70. The molecule has 0 saturated carbocycles. The van der Waals surface area contributed by atoms with Crippen molar-refractivity contribution in [1.82, 2.24) is 5.32 Å². The summed E-state index contributed by atoms with van der Waals surface area (Å²) in [4.78, 5) is 12.1. The molecule has 4 nitrogen and oxygen atoms in total. The first-order valence-electron chi connectivity index (χ1n) is 7.32. The summed E-state index contributed by atoms with van der Waals surface area (Å²) in [6.45, 7) is 3.81. The number of methoxy groups -OCH3 is 1. The van der Waals surface area contributed by atoms with Crippen LogP contribution in [0.15, 0.2) is 42.5 Å². The molecule has 0 aromatic heterocycles. The molecule has 0 spiro atoms. The Morgan fingerprint density at radius 3 is 2.65 bits per heavy atom. The second-order valence-electron chi connectivity index (χ2n) is 5.25. The van der Waals surface area contributed by atoms with E-state index < -0.39 is 0 Å². The number of hydrogen-bond donors (Lipinski definition) is 1. The Hall–Kier alpha value is -2.20. The van der Waals surface area contributed by atoms with Crippen LogP contribution in [0.4, 0.5) is 0 Å². The fraction of sp³-hybridized carbons (Fsp3) is 0.278. The molecule has 0 unspecified atom stereocenters. The van der Waals surface area contributed by atoms with Crippen LogP contribution >= 0.6 is 11.6 Å². The van der Waals surface area contributed by atoms with Crippen LogP contribution in [0, 0.1) is 6.92 Å². The van der Waals surface area contributed by atoms with Crippen LogP contribution in [0.3, 0.4) is 0 Å². The van der Waals surface area contributed by atoms with E-state index in [1.807, 2.05) is 32.0 Å². The van der Waals surface area contributed by atoms with Gasteiger partial charge in [0.25, 0.3) is 5.91 Å². The molecule has 0 saturated heterocycles. The number of hydrogen-bond acceptors (Lipinski definition) is 3. The lowest BCUT2D eigenvalue weighted by atomic mass is 10.0. The van der Waals surface area contributed by atoms with E-state index in [0.717, 1.165) is 16.9 Å². The number of amides is 1. The summed E-state index contributed by atoms with van der Waals surface area (Å²) in [5.74, 6) is 1.02. The summed E-state index contributed by atoms with van der Waals surface area (Å²) in [7, 11) is 1.61. The lowest BCUT2D eigenvalue weighted by Crippen LogP contribution is -2.31. The van der Waals surface area contributed by atoms with Gasteiger partial charge in [-0.1, -0.05) is 41.4 Å². The Balaban J connectivity index is 1.97. The Bertz CT molecular complexity index is 688. The van der Waals surface area contributed by atoms with E-state index in [9.17, 15) is 4.79 Å². The van der Waals surface area contributed by atoms with Crippen molar-refractivity contribution in [2.45, 2.75) is 19.9 Å². The van der Waals surface area contributed by atoms with Crippen LogP contribution in [0.25, 0.3) is 0 Å². The van der Waals surface area contributed by atoms with Gasteiger partial charge in [-0.25, -0.2) is 0 Å². The van der Waals surface area contributed by atoms with Gasteiger partial charge >= 0.3 is 0 Å². The van der Waals surface area contributed by atoms with Crippen LogP contribution in [0.1, 0.15) is 24.1 Å². The maximum Gasteiger partial charge on any atom is 0.258 e. The number of halogens is 1. The highest BCUT2D eigenvalue weighted by Gasteiger charge is 2.15. The van der Waals surface area contributed by atoms with Gasteiger partial charge in [-0.3, -0.25) is 4.79 Å². The Kier molecular flexibility index (Phi) is 5.88. The molecule has 2 aromatic rings. The van der Waals surface area contributed by atoms with Gasteiger partial charge in [0, 0.05) is 5.56 Å². The second-order valence-corrected chi connectivity index (χ2v) is 5.66. The number of ether oxygens (including phenoxy) is 2. The zero-order chi connectivity index (χ0) is 16.8. The van der Waals surface area contributed by atoms with E-state index in [2.05, 4.69) is 5.32 Å². The van der Waals surface area contributed by atoms with Crippen LogP contribution in [-0.2, 0) is 4.79 Å². The molecule has 2 rings (SSSR count). The molecular weight excluding hydrogens is 314 g/mol. The van der Waals surface area contributed by atoms with E-state index in [4.69, 9.17) is 21.1 Å². The molecule has 5 heteroatoms. The fourth-order valence-corrected chi connectivity index (χ4v) is 2.45. The van der Waals surface area contributed by atoms with Gasteiger partial charge in [0.1, 0.15) is 11.5 Å². The summed E-state index contributed by atoms with van der Waals surface area (Å²) in [6.07, 6.45) is 0. The van der Waals surface area contributed by atoms with E-state index in [1.165, 1.54) is 0 Å². The molecule has 1 N–H and O–H groups in total. The van der Waals surface area contributed by atoms with Crippen molar-refractivity contribution < 1.29 is 14.3 Å². The number of nitrogens with one attached hydrogen (secondary N) is 1. The minimum atomic E-state index is -0.221. The summed E-state index contributed by atoms with van der Waals surface area (Å²) in [5.41, 5.74) is 2.04. The number of carbonyl (C=O) groups excluding carboxylic acids is 1. The third kappa shape index (κ3) is 4.63. The van der Waals surface area contributed by atoms with Crippen molar-refractivity contribution in [1.29, 1.82) is 0 Å². The number of para-hydroxylation sites is 1. The second kappa shape index (κ2) is 7.88. The first-order chi connectivity index (χ1) is 11.0. The van der Waals surface area contributed by atoms with Gasteiger partial charge < -0.3 is 14.8 Å². The lowest BCUT2D eigenvalue weighted by Gasteiger charge is -2.18. The molecule has 0 aliphatic rings. The van der Waals surface area contributed by atoms with E-state index >= 15 is 0 Å². The molecule has 1 amide bonds. The summed E-state index contributed by atoms with van der Waals surface area (Å²) in [6, 6.07) is 12.7. The quantitative estimate of drug-likeness (QED) is 0.871. The van der Waals surface area contributed by atoms with Crippen molar-refractivity contribution in [3.8, 4) is 11.5 Å². The van der Waals surface area contributed by atoms with Crippen LogP contribution in [0.2, 0.25) is 5.02 Å². The molecule has 0 radical (unpaired) electrons. The van der Waals surface area contributed by atoms with Gasteiger partial charge in [-0.15, -0.1) is 0 Å². The molecule has 0 heterocycles. The molecule has 0 bridgehead atoms. The smallest absolute Gasteiger partial charge is 0.258 e. The third-order valence-electron chi connectivity index (χ3n) is 3.42. The largest absolute Gasteiger partial charge is 0.496 e. The zero-order valence-electron chi connectivity index (χ0n) is 13.4. The van der Waals surface area contributed by atoms with Gasteiger partial charge in [0.05, 0.1) is 18.2 Å². The highest BCUT2D eigenvalue weighted by molar-refractivity contribution is 6.32. The highest BCUT2D eigenvalue weighted by Crippen LogP contribution is 2.26. The van der Waals surface area contributed by atoms with Gasteiger partial charge in [0.2, 0.25) is 0 Å². The van der Waals surface area contributed by atoms with Crippen molar-refractivity contribution in [3.63, 3.8) is 0 Å². The number of aryl methyl sites for hydroxylation is 1. The van der Waals surface area contributed by atoms with Crippen LogP contribution in [0.5, 0.6) is 11.5 Å². The molecule has 0 aliphatic heterocycles. The molecule has 122 valence electrons. The maximum absolute atomic E-state index is 12.1. The molecular formula is C18H20ClNO3.